The Morgan fingerprint density at radius 1 is 1.03 bits per heavy atom. The van der Waals surface area contributed by atoms with Gasteiger partial charge in [0.25, 0.3) is 0 Å². The summed E-state index contributed by atoms with van der Waals surface area (Å²) in [6, 6.07) is 3.75. The molecule has 8 nitrogen and oxygen atoms in total. The Morgan fingerprint density at radius 2 is 1.85 bits per heavy atom. The molecular weight excluding hydrogens is 494 g/mol. The summed E-state index contributed by atoms with van der Waals surface area (Å²) in [5.41, 5.74) is 1.05. The number of methoxy groups -OCH3 is 3. The van der Waals surface area contributed by atoms with Crippen molar-refractivity contribution in [3.8, 4) is 11.5 Å². The van der Waals surface area contributed by atoms with Crippen molar-refractivity contribution in [2.24, 2.45) is 40.4 Å². The third kappa shape index (κ3) is 4.11. The molecule has 1 N–H and O–H groups in total. The van der Waals surface area contributed by atoms with Crippen LogP contribution in [0, 0.1) is 40.4 Å². The van der Waals surface area contributed by atoms with Gasteiger partial charge in [0.2, 0.25) is 0 Å². The molecule has 4 saturated carbocycles. The van der Waals surface area contributed by atoms with Gasteiger partial charge in [-0.2, -0.15) is 0 Å². The highest BCUT2D eigenvalue weighted by atomic mass is 16.5. The predicted molar refractivity (Wildman–Crippen MR) is 148 cm³/mol. The highest BCUT2D eigenvalue weighted by Crippen LogP contribution is 2.68. The molecule has 4 aliphatic carbocycles. The summed E-state index contributed by atoms with van der Waals surface area (Å²) in [4.78, 5) is 13.9. The molecule has 2 aromatic rings. The van der Waals surface area contributed by atoms with E-state index in [2.05, 4.69) is 17.2 Å². The average Bonchev–Trinajstić information content (AvgIpc) is 3.48. The normalized spacial score (nSPS) is 39.6. The molecule has 1 heterocycles. The first-order valence-corrected chi connectivity index (χ1v) is 14.9. The molecule has 0 spiro atoms. The van der Waals surface area contributed by atoms with Crippen molar-refractivity contribution in [1.29, 1.82) is 0 Å². The van der Waals surface area contributed by atoms with Crippen molar-refractivity contribution >= 4 is 16.8 Å². The molecule has 8 atom stereocenters. The summed E-state index contributed by atoms with van der Waals surface area (Å²) in [6.07, 6.45) is 9.53. The molecule has 0 radical (unpaired) electrons. The van der Waals surface area contributed by atoms with Gasteiger partial charge in [0.15, 0.2) is 22.8 Å². The van der Waals surface area contributed by atoms with Gasteiger partial charge in [-0.05, 0) is 111 Å². The Kier molecular flexibility index (Phi) is 6.73. The molecule has 1 aromatic heterocycles. The van der Waals surface area contributed by atoms with Gasteiger partial charge >= 0.3 is 0 Å². The number of aromatic nitrogens is 3. The van der Waals surface area contributed by atoms with Crippen molar-refractivity contribution in [1.82, 2.24) is 15.0 Å². The van der Waals surface area contributed by atoms with Crippen molar-refractivity contribution in [3.05, 3.63) is 12.1 Å². The minimum Gasteiger partial charge on any atom is -0.493 e. The number of aliphatic hydroxyl groups is 1. The van der Waals surface area contributed by atoms with Crippen molar-refractivity contribution < 1.29 is 24.1 Å². The van der Waals surface area contributed by atoms with E-state index in [-0.39, 0.29) is 29.1 Å². The predicted octanol–water partition coefficient (Wildman–Crippen LogP) is 5.05. The summed E-state index contributed by atoms with van der Waals surface area (Å²) in [5, 5.41) is 19.6. The van der Waals surface area contributed by atoms with Crippen LogP contribution in [0.25, 0.3) is 11.0 Å². The Morgan fingerprint density at radius 3 is 2.59 bits per heavy atom. The summed E-state index contributed by atoms with van der Waals surface area (Å²) in [7, 11) is 5.04. The first-order valence-electron chi connectivity index (χ1n) is 14.9. The smallest absolute Gasteiger partial charge is 0.190 e. The fourth-order valence-corrected chi connectivity index (χ4v) is 10.0. The van der Waals surface area contributed by atoms with E-state index in [1.807, 2.05) is 26.2 Å². The van der Waals surface area contributed by atoms with Crippen LogP contribution in [-0.2, 0) is 16.1 Å². The lowest BCUT2D eigenvalue weighted by atomic mass is 9.43. The van der Waals surface area contributed by atoms with E-state index >= 15 is 0 Å². The van der Waals surface area contributed by atoms with Crippen molar-refractivity contribution in [3.63, 3.8) is 0 Å². The van der Waals surface area contributed by atoms with Gasteiger partial charge in [-0.3, -0.25) is 4.79 Å². The van der Waals surface area contributed by atoms with Crippen LogP contribution in [0.3, 0.4) is 0 Å². The molecular formula is C31H45N3O5. The summed E-state index contributed by atoms with van der Waals surface area (Å²) in [5.74, 6) is 3.83. The quantitative estimate of drug-likeness (QED) is 0.526. The number of ketones is 1. The first-order chi connectivity index (χ1) is 18.7. The maximum atomic E-state index is 13.9. The van der Waals surface area contributed by atoms with Crippen LogP contribution in [0.5, 0.6) is 11.5 Å². The molecule has 0 unspecified atom stereocenters. The maximum Gasteiger partial charge on any atom is 0.190 e. The lowest BCUT2D eigenvalue weighted by molar-refractivity contribution is -0.175. The van der Waals surface area contributed by atoms with Crippen LogP contribution in [0.1, 0.15) is 71.6 Å². The van der Waals surface area contributed by atoms with Crippen LogP contribution in [0.2, 0.25) is 0 Å². The first kappa shape index (κ1) is 27.0. The molecule has 1 aromatic carbocycles. The molecule has 0 saturated heterocycles. The zero-order valence-electron chi connectivity index (χ0n) is 24.2. The molecule has 0 amide bonds. The van der Waals surface area contributed by atoms with E-state index in [4.69, 9.17) is 14.2 Å². The second-order valence-electron chi connectivity index (χ2n) is 13.6. The van der Waals surface area contributed by atoms with Crippen molar-refractivity contribution in [2.75, 3.05) is 27.9 Å². The Hall–Kier alpha value is -2.19. The Balaban J connectivity index is 1.23. The number of hydrogen-bond acceptors (Lipinski definition) is 7. The summed E-state index contributed by atoms with van der Waals surface area (Å²) >= 11 is 0. The van der Waals surface area contributed by atoms with Gasteiger partial charge in [0.1, 0.15) is 6.54 Å². The van der Waals surface area contributed by atoms with Gasteiger partial charge < -0.3 is 19.3 Å². The fourth-order valence-electron chi connectivity index (χ4n) is 10.0. The lowest BCUT2D eigenvalue weighted by Gasteiger charge is -2.62. The number of fused-ring (bicyclic) bond motifs is 6. The minimum absolute atomic E-state index is 0.0246. The molecule has 214 valence electrons. The Labute approximate surface area is 231 Å². The van der Waals surface area contributed by atoms with Crippen LogP contribution < -0.4 is 9.47 Å². The number of hydrogen-bond donors (Lipinski definition) is 1. The fraction of sp³-hybridized carbons (Fsp3) is 0.774. The molecule has 39 heavy (non-hydrogen) atoms. The molecule has 8 heteroatoms. The number of Topliss-reactive ketones (excluding diaryl/α,β-unsaturated/α-hetero) is 1. The molecule has 0 aliphatic heterocycles. The summed E-state index contributed by atoms with van der Waals surface area (Å²) < 4.78 is 18.6. The number of ether oxygens (including phenoxy) is 3. The van der Waals surface area contributed by atoms with Crippen LogP contribution in [-0.4, -0.2) is 59.4 Å². The second-order valence-corrected chi connectivity index (χ2v) is 13.6. The topological polar surface area (TPSA) is 95.7 Å². The minimum atomic E-state index is -0.552. The molecule has 4 fully saturated rings. The average molecular weight is 540 g/mol. The van der Waals surface area contributed by atoms with Gasteiger partial charge in [0.05, 0.1) is 31.9 Å². The number of rotatable bonds is 7. The van der Waals surface area contributed by atoms with Crippen LogP contribution in [0.4, 0.5) is 0 Å². The maximum absolute atomic E-state index is 13.9. The lowest BCUT2D eigenvalue weighted by Crippen LogP contribution is -2.58. The number of benzene rings is 1. The van der Waals surface area contributed by atoms with Crippen molar-refractivity contribution in [2.45, 2.75) is 83.8 Å². The molecule has 0 bridgehead atoms. The van der Waals surface area contributed by atoms with E-state index in [9.17, 15) is 9.90 Å². The van der Waals surface area contributed by atoms with E-state index in [1.54, 1.807) is 18.9 Å². The second kappa shape index (κ2) is 9.72. The monoisotopic (exact) mass is 539 g/mol. The van der Waals surface area contributed by atoms with Crippen LogP contribution in [0.15, 0.2) is 12.1 Å². The number of nitrogens with zero attached hydrogens (tertiary/aromatic N) is 3. The molecule has 6 rings (SSSR count). The van der Waals surface area contributed by atoms with Gasteiger partial charge in [-0.1, -0.05) is 12.1 Å². The van der Waals surface area contributed by atoms with Gasteiger partial charge in [-0.15, -0.1) is 5.10 Å². The highest BCUT2D eigenvalue weighted by molar-refractivity contribution is 5.87. The largest absolute Gasteiger partial charge is 0.493 e. The van der Waals surface area contributed by atoms with Gasteiger partial charge in [0, 0.05) is 13.0 Å². The van der Waals surface area contributed by atoms with E-state index < -0.39 is 5.60 Å². The van der Waals surface area contributed by atoms with Gasteiger partial charge in [-0.25, -0.2) is 4.68 Å². The number of carbonyl (C=O) groups is 1. The zero-order valence-corrected chi connectivity index (χ0v) is 24.2. The van der Waals surface area contributed by atoms with E-state index in [0.29, 0.717) is 40.7 Å². The zero-order chi connectivity index (χ0) is 27.6. The van der Waals surface area contributed by atoms with Crippen LogP contribution >= 0.6 is 0 Å². The third-order valence-electron chi connectivity index (χ3n) is 11.8. The van der Waals surface area contributed by atoms with E-state index in [0.717, 1.165) is 57.1 Å². The Bertz CT molecular complexity index is 1240. The third-order valence-corrected chi connectivity index (χ3v) is 11.8. The molecule has 4 aliphatic rings. The number of carbonyl (C=O) groups excluding carboxylic acids is 1. The van der Waals surface area contributed by atoms with E-state index in [1.165, 1.54) is 12.8 Å². The summed E-state index contributed by atoms with van der Waals surface area (Å²) in [6.45, 7) is 5.45. The SMILES string of the molecule is COC[C@]12CC[C@@](C)(O)C[C@@H]1CC[C@H]1[C@@H]3CC[C@H](C(=O)Cn4nnc5c(OC)c(OC)ccc54)[C@@]3(C)CC[C@@H]12. The highest BCUT2D eigenvalue weighted by Gasteiger charge is 2.63. The standard InChI is InChI=1S/C31H45N3O5/c1-29(36)14-15-31(18-37-3)19(16-29)6-7-20-21-8-9-23(30(21,2)13-12-22(20)31)25(35)17-34-24-10-11-26(38-4)28(39-5)27(24)32-33-34/h10-11,19-23,36H,6-9,12-18H2,1-5H3/t19-,20-,21-,22-,23+,29+,30-,31+/m0/s1.